The van der Waals surface area contributed by atoms with Crippen molar-refractivity contribution in [3.8, 4) is 34.8 Å². The normalized spacial score (nSPS) is 26.0. The molecule has 4 heterocycles. The van der Waals surface area contributed by atoms with Gasteiger partial charge in [0.2, 0.25) is 12.7 Å². The Labute approximate surface area is 283 Å². The molecular weight excluding hydrogens is 640 g/mol. The summed E-state index contributed by atoms with van der Waals surface area (Å²) in [5.74, 6) is 0.347. The number of nitrogens with one attached hydrogen (secondary N) is 1. The van der Waals surface area contributed by atoms with E-state index in [0.717, 1.165) is 11.1 Å². The number of esters is 1. The third-order valence-electron chi connectivity index (χ3n) is 10.0. The molecule has 3 N–H and O–H groups in total. The summed E-state index contributed by atoms with van der Waals surface area (Å²) in [6.07, 6.45) is 0.463. The van der Waals surface area contributed by atoms with Crippen LogP contribution in [0.2, 0.25) is 0 Å². The Balaban J connectivity index is 1.67. The second-order valence-corrected chi connectivity index (χ2v) is 14.0. The van der Waals surface area contributed by atoms with Gasteiger partial charge in [-0.1, -0.05) is 6.07 Å². The summed E-state index contributed by atoms with van der Waals surface area (Å²) in [5.41, 5.74) is 3.92. The lowest BCUT2D eigenvalue weighted by Crippen LogP contribution is -2.69. The first-order chi connectivity index (χ1) is 22.9. The molecule has 7 atom stereocenters. The van der Waals surface area contributed by atoms with Gasteiger partial charge in [0.15, 0.2) is 28.8 Å². The Bertz CT molecular complexity index is 1740. The SMILES string of the molecule is COc1c(C)cc2c(c1O)[C@@H]1C3[C@H](SC[C@H](NC(C)=O)C(C)=O)c4c(OC(C)=O)c(C)c5c(c4[C@H](CO)N3C(C#N)[C@H](C2)N1C)OCO5. The predicted octanol–water partition coefficient (Wildman–Crippen LogP) is 2.76. The molecule has 0 radical (unpaired) electrons. The number of benzene rings is 2. The van der Waals surface area contributed by atoms with Crippen LogP contribution >= 0.6 is 11.8 Å². The molecule has 4 aliphatic heterocycles. The summed E-state index contributed by atoms with van der Waals surface area (Å²) in [7, 11) is 3.42. The smallest absolute Gasteiger partial charge is 0.308 e. The van der Waals surface area contributed by atoms with Crippen LogP contribution in [-0.2, 0) is 20.8 Å². The fraction of sp³-hybridized carbons (Fsp3) is 0.529. The Kier molecular flexibility index (Phi) is 9.01. The number of fused-ring (bicyclic) bond motifs is 9. The van der Waals surface area contributed by atoms with Crippen molar-refractivity contribution >= 4 is 29.4 Å². The minimum absolute atomic E-state index is 0.00446. The molecule has 2 aromatic carbocycles. The molecule has 2 unspecified atom stereocenters. The average Bonchev–Trinajstić information content (AvgIpc) is 3.51. The Hall–Kier alpha value is -4.03. The lowest BCUT2D eigenvalue weighted by Gasteiger charge is -2.61. The summed E-state index contributed by atoms with van der Waals surface area (Å²) in [6, 6.07) is 0.703. The zero-order valence-corrected chi connectivity index (χ0v) is 28.8. The number of nitriles is 1. The second-order valence-electron chi connectivity index (χ2n) is 12.8. The highest BCUT2D eigenvalue weighted by Crippen LogP contribution is 2.63. The van der Waals surface area contributed by atoms with E-state index in [2.05, 4.69) is 16.3 Å². The van der Waals surface area contributed by atoms with Crippen molar-refractivity contribution in [2.75, 3.05) is 33.3 Å². The highest BCUT2D eigenvalue weighted by molar-refractivity contribution is 7.99. The number of phenolic OH excluding ortho intramolecular Hbond substituents is 1. The number of aliphatic hydroxyl groups excluding tert-OH is 1. The number of likely N-dealkylation sites (N-methyl/N-ethyl adjacent to an activating group) is 1. The molecule has 0 spiro atoms. The zero-order chi connectivity index (χ0) is 34.8. The molecular formula is C34H40N4O9S. The lowest BCUT2D eigenvalue weighted by atomic mass is 9.71. The fourth-order valence-electron chi connectivity index (χ4n) is 8.16. The number of amides is 1. The van der Waals surface area contributed by atoms with Crippen molar-refractivity contribution in [3.05, 3.63) is 39.4 Å². The molecule has 0 saturated carbocycles. The van der Waals surface area contributed by atoms with E-state index in [0.29, 0.717) is 45.9 Å². The van der Waals surface area contributed by atoms with E-state index in [1.165, 1.54) is 39.6 Å². The van der Waals surface area contributed by atoms with E-state index < -0.39 is 48.0 Å². The second kappa shape index (κ2) is 12.8. The van der Waals surface area contributed by atoms with E-state index in [-0.39, 0.29) is 41.8 Å². The minimum atomic E-state index is -0.831. The summed E-state index contributed by atoms with van der Waals surface area (Å²) < 4.78 is 23.5. The third-order valence-corrected chi connectivity index (χ3v) is 11.4. The van der Waals surface area contributed by atoms with Crippen molar-refractivity contribution in [2.45, 2.75) is 82.5 Å². The van der Waals surface area contributed by atoms with Crippen LogP contribution in [0.25, 0.3) is 0 Å². The number of methoxy groups -OCH3 is 1. The van der Waals surface area contributed by atoms with E-state index in [1.54, 1.807) is 6.92 Å². The van der Waals surface area contributed by atoms with Crippen molar-refractivity contribution in [3.63, 3.8) is 0 Å². The van der Waals surface area contributed by atoms with Gasteiger partial charge in [-0.2, -0.15) is 5.26 Å². The molecule has 0 aromatic heterocycles. The van der Waals surface area contributed by atoms with Gasteiger partial charge in [-0.15, -0.1) is 11.8 Å². The quantitative estimate of drug-likeness (QED) is 0.275. The maximum Gasteiger partial charge on any atom is 0.308 e. The van der Waals surface area contributed by atoms with Gasteiger partial charge in [0.25, 0.3) is 0 Å². The first kappa shape index (κ1) is 33.9. The van der Waals surface area contributed by atoms with Crippen molar-refractivity contribution < 1.29 is 43.5 Å². The first-order valence-electron chi connectivity index (χ1n) is 15.8. The van der Waals surface area contributed by atoms with Crippen LogP contribution in [0.4, 0.5) is 0 Å². The molecule has 1 fully saturated rings. The maximum atomic E-state index is 12.8. The number of ketones is 1. The number of aromatic hydroxyl groups is 1. The molecule has 4 aliphatic rings. The molecule has 13 nitrogen and oxygen atoms in total. The average molecular weight is 681 g/mol. The van der Waals surface area contributed by atoms with E-state index >= 15 is 0 Å². The number of aliphatic hydroxyl groups is 1. The lowest BCUT2D eigenvalue weighted by molar-refractivity contribution is -0.132. The topological polar surface area (TPSA) is 171 Å². The van der Waals surface area contributed by atoms with Crippen molar-refractivity contribution in [2.24, 2.45) is 0 Å². The summed E-state index contributed by atoms with van der Waals surface area (Å²) in [5, 5.41) is 36.0. The van der Waals surface area contributed by atoms with Gasteiger partial charge in [-0.3, -0.25) is 24.2 Å². The molecule has 6 rings (SSSR count). The van der Waals surface area contributed by atoms with E-state index in [1.807, 2.05) is 24.9 Å². The van der Waals surface area contributed by atoms with Gasteiger partial charge in [-0.25, -0.2) is 0 Å². The number of carbonyl (C=O) groups excluding carboxylic acids is 3. The van der Waals surface area contributed by atoms with Crippen LogP contribution in [0.5, 0.6) is 28.7 Å². The van der Waals surface area contributed by atoms with Gasteiger partial charge < -0.3 is 34.5 Å². The molecule has 2 aromatic rings. The number of rotatable bonds is 8. The van der Waals surface area contributed by atoms with Crippen LogP contribution in [0.3, 0.4) is 0 Å². The Morgan fingerprint density at radius 1 is 1.15 bits per heavy atom. The molecule has 1 amide bonds. The molecule has 0 aliphatic carbocycles. The van der Waals surface area contributed by atoms with Crippen LogP contribution in [0.15, 0.2) is 6.07 Å². The molecule has 2 bridgehead atoms. The summed E-state index contributed by atoms with van der Waals surface area (Å²) in [6.45, 7) is 7.19. The number of ether oxygens (including phenoxy) is 4. The third kappa shape index (κ3) is 5.15. The number of hydrogen-bond donors (Lipinski definition) is 3. The highest BCUT2D eigenvalue weighted by Gasteiger charge is 2.60. The van der Waals surface area contributed by atoms with Gasteiger partial charge in [0.1, 0.15) is 11.8 Å². The number of Topliss-reactive ketones (excluding diaryl/α,β-unsaturated/α-hetero) is 1. The van der Waals surface area contributed by atoms with Gasteiger partial charge in [-0.05, 0) is 45.4 Å². The van der Waals surface area contributed by atoms with E-state index in [9.17, 15) is 29.9 Å². The Morgan fingerprint density at radius 2 is 1.85 bits per heavy atom. The molecule has 48 heavy (non-hydrogen) atoms. The van der Waals surface area contributed by atoms with Crippen LogP contribution in [0.1, 0.15) is 71.5 Å². The summed E-state index contributed by atoms with van der Waals surface area (Å²) >= 11 is 1.37. The first-order valence-corrected chi connectivity index (χ1v) is 16.8. The number of phenols is 1. The van der Waals surface area contributed by atoms with Crippen molar-refractivity contribution in [1.29, 1.82) is 5.26 Å². The van der Waals surface area contributed by atoms with Crippen LogP contribution < -0.4 is 24.3 Å². The van der Waals surface area contributed by atoms with Gasteiger partial charge >= 0.3 is 5.97 Å². The number of hydrogen-bond acceptors (Lipinski definition) is 13. The highest BCUT2D eigenvalue weighted by atomic mass is 32.2. The Morgan fingerprint density at radius 3 is 2.46 bits per heavy atom. The standard InChI is InChI=1S/C34H40N4O9S/c1-14-8-19-9-21-22(10-35)38-23(11-39)25-26(31(47-18(5)42)15(2)32-33(25)46-13-45-32)34(48-12-20(16(3)40)36-17(4)41)28(38)27(37(21)6)24(19)29(43)30(14)44-7/h8,20-23,27-28,34,39,43H,9,11-13H2,1-7H3,(H,36,41)/t20-,21-,22?,23-,27+,28?,34+/m0/s1. The molecule has 256 valence electrons. The molecule has 14 heteroatoms. The van der Waals surface area contributed by atoms with Crippen molar-refractivity contribution in [1.82, 2.24) is 15.1 Å². The number of piperazine rings is 1. The van der Waals surface area contributed by atoms with Crippen LogP contribution in [-0.4, -0.2) is 95.2 Å². The number of thioether (sulfide) groups is 1. The summed E-state index contributed by atoms with van der Waals surface area (Å²) in [4.78, 5) is 41.6. The number of nitrogens with zero attached hydrogens (tertiary/aromatic N) is 3. The minimum Gasteiger partial charge on any atom is -0.504 e. The molecule has 1 saturated heterocycles. The fourth-order valence-corrected chi connectivity index (χ4v) is 9.76. The van der Waals surface area contributed by atoms with Gasteiger partial charge in [0, 0.05) is 53.9 Å². The van der Waals surface area contributed by atoms with Gasteiger partial charge in [0.05, 0.1) is 43.2 Å². The maximum absolute atomic E-state index is 12.8. The number of carbonyl (C=O) groups is 3. The van der Waals surface area contributed by atoms with Crippen LogP contribution in [0, 0.1) is 25.2 Å². The predicted molar refractivity (Wildman–Crippen MR) is 174 cm³/mol. The largest absolute Gasteiger partial charge is 0.504 e. The van der Waals surface area contributed by atoms with E-state index in [4.69, 9.17) is 18.9 Å². The monoisotopic (exact) mass is 680 g/mol. The zero-order valence-electron chi connectivity index (χ0n) is 27.9. The number of aryl methyl sites for hydroxylation is 1.